The predicted octanol–water partition coefficient (Wildman–Crippen LogP) is 1.87. The summed E-state index contributed by atoms with van der Waals surface area (Å²) >= 11 is 0. The Labute approximate surface area is 113 Å². The van der Waals surface area contributed by atoms with Gasteiger partial charge in [0.25, 0.3) is 5.91 Å². The minimum absolute atomic E-state index is 0.0505. The van der Waals surface area contributed by atoms with Crippen LogP contribution in [0.2, 0.25) is 0 Å². The van der Waals surface area contributed by atoms with Crippen LogP contribution in [0, 0.1) is 12.8 Å². The molecule has 5 heteroatoms. The fourth-order valence-electron chi connectivity index (χ4n) is 1.50. The molecule has 5 nitrogen and oxygen atoms in total. The second-order valence-electron chi connectivity index (χ2n) is 5.00. The lowest BCUT2D eigenvalue weighted by Gasteiger charge is -2.17. The normalized spacial score (nSPS) is 12.3. The maximum atomic E-state index is 11.7. The number of hydrogen-bond donors (Lipinski definition) is 2. The van der Waals surface area contributed by atoms with Crippen molar-refractivity contribution in [2.75, 3.05) is 6.54 Å². The highest BCUT2D eigenvalue weighted by Crippen LogP contribution is 2.07. The van der Waals surface area contributed by atoms with Gasteiger partial charge in [-0.25, -0.2) is 0 Å². The third-order valence-electron chi connectivity index (χ3n) is 3.13. The van der Waals surface area contributed by atoms with Crippen molar-refractivity contribution in [3.05, 3.63) is 23.7 Å². The van der Waals surface area contributed by atoms with Gasteiger partial charge in [0.1, 0.15) is 5.76 Å². The van der Waals surface area contributed by atoms with E-state index in [1.165, 1.54) is 6.26 Å². The molecule has 19 heavy (non-hydrogen) atoms. The Morgan fingerprint density at radius 2 is 2.00 bits per heavy atom. The van der Waals surface area contributed by atoms with E-state index in [0.717, 1.165) is 0 Å². The first kappa shape index (κ1) is 15.3. The fourth-order valence-corrected chi connectivity index (χ4v) is 1.50. The molecular weight excluding hydrogens is 244 g/mol. The van der Waals surface area contributed by atoms with Gasteiger partial charge in [0, 0.05) is 19.0 Å². The summed E-state index contributed by atoms with van der Waals surface area (Å²) < 4.78 is 5.05. The minimum Gasteiger partial charge on any atom is -0.469 e. The lowest BCUT2D eigenvalue weighted by molar-refractivity contribution is -0.121. The van der Waals surface area contributed by atoms with Crippen molar-refractivity contribution in [2.45, 2.75) is 40.2 Å². The third kappa shape index (κ3) is 4.77. The van der Waals surface area contributed by atoms with E-state index >= 15 is 0 Å². The fraction of sp³-hybridized carbons (Fsp3) is 0.571. The van der Waals surface area contributed by atoms with Crippen LogP contribution in [0.4, 0.5) is 0 Å². The van der Waals surface area contributed by atoms with E-state index in [2.05, 4.69) is 24.5 Å². The maximum absolute atomic E-state index is 11.7. The Morgan fingerprint density at radius 1 is 1.32 bits per heavy atom. The van der Waals surface area contributed by atoms with Crippen molar-refractivity contribution >= 4 is 11.8 Å². The molecule has 2 amide bonds. The van der Waals surface area contributed by atoms with Crippen LogP contribution in [0.5, 0.6) is 0 Å². The quantitative estimate of drug-likeness (QED) is 0.825. The number of aryl methyl sites for hydroxylation is 1. The van der Waals surface area contributed by atoms with E-state index in [4.69, 9.17) is 4.42 Å². The summed E-state index contributed by atoms with van der Waals surface area (Å²) in [5, 5.41) is 5.59. The Kier molecular flexibility index (Phi) is 5.60. The monoisotopic (exact) mass is 266 g/mol. The standard InChI is InChI=1S/C14H22N2O3/c1-9(2)10(3)16-13(17)5-7-15-14(18)12-6-8-19-11(12)4/h6,8-10H,5,7H2,1-4H3,(H,15,18)(H,16,17). The summed E-state index contributed by atoms with van der Waals surface area (Å²) in [7, 11) is 0. The molecular formula is C14H22N2O3. The number of amides is 2. The second kappa shape index (κ2) is 6.97. The van der Waals surface area contributed by atoms with Crippen LogP contribution in [0.1, 0.15) is 43.3 Å². The number of rotatable bonds is 6. The van der Waals surface area contributed by atoms with Gasteiger partial charge < -0.3 is 15.1 Å². The van der Waals surface area contributed by atoms with Crippen LogP contribution in [0.15, 0.2) is 16.7 Å². The highest BCUT2D eigenvalue weighted by Gasteiger charge is 2.13. The second-order valence-corrected chi connectivity index (χ2v) is 5.00. The molecule has 0 radical (unpaired) electrons. The summed E-state index contributed by atoms with van der Waals surface area (Å²) in [5.74, 6) is 0.712. The predicted molar refractivity (Wildman–Crippen MR) is 72.8 cm³/mol. The van der Waals surface area contributed by atoms with Crippen LogP contribution in [-0.4, -0.2) is 24.4 Å². The van der Waals surface area contributed by atoms with Crippen LogP contribution in [0.3, 0.4) is 0 Å². The number of carbonyl (C=O) groups is 2. The van der Waals surface area contributed by atoms with Crippen LogP contribution < -0.4 is 10.6 Å². The molecule has 1 atom stereocenters. The summed E-state index contributed by atoms with van der Waals surface area (Å²) in [6.07, 6.45) is 1.75. The Bertz CT molecular complexity index is 438. The zero-order valence-corrected chi connectivity index (χ0v) is 11.9. The molecule has 0 bridgehead atoms. The van der Waals surface area contributed by atoms with Gasteiger partial charge in [0.05, 0.1) is 11.8 Å². The van der Waals surface area contributed by atoms with Crippen molar-refractivity contribution in [2.24, 2.45) is 5.92 Å². The molecule has 0 aromatic carbocycles. The third-order valence-corrected chi connectivity index (χ3v) is 3.13. The first-order chi connectivity index (χ1) is 8.91. The smallest absolute Gasteiger partial charge is 0.254 e. The summed E-state index contributed by atoms with van der Waals surface area (Å²) in [6, 6.07) is 1.75. The van der Waals surface area contributed by atoms with Crippen molar-refractivity contribution in [1.82, 2.24) is 10.6 Å². The van der Waals surface area contributed by atoms with E-state index in [1.54, 1.807) is 13.0 Å². The Balaban J connectivity index is 2.29. The summed E-state index contributed by atoms with van der Waals surface area (Å²) in [4.78, 5) is 23.3. The van der Waals surface area contributed by atoms with E-state index < -0.39 is 0 Å². The topological polar surface area (TPSA) is 71.3 Å². The minimum atomic E-state index is -0.212. The molecule has 106 valence electrons. The van der Waals surface area contributed by atoms with Crippen molar-refractivity contribution < 1.29 is 14.0 Å². The molecule has 0 spiro atoms. The van der Waals surface area contributed by atoms with Crippen molar-refractivity contribution in [1.29, 1.82) is 0 Å². The van der Waals surface area contributed by atoms with E-state index in [0.29, 0.717) is 23.8 Å². The zero-order chi connectivity index (χ0) is 14.4. The van der Waals surface area contributed by atoms with Gasteiger partial charge in [0.2, 0.25) is 5.91 Å². The summed E-state index contributed by atoms with van der Waals surface area (Å²) in [6.45, 7) is 8.12. The maximum Gasteiger partial charge on any atom is 0.254 e. The molecule has 1 unspecified atom stereocenters. The van der Waals surface area contributed by atoms with Crippen molar-refractivity contribution in [3.8, 4) is 0 Å². The van der Waals surface area contributed by atoms with Crippen LogP contribution in [0.25, 0.3) is 0 Å². The molecule has 0 aliphatic carbocycles. The highest BCUT2D eigenvalue weighted by atomic mass is 16.3. The molecule has 1 heterocycles. The first-order valence-electron chi connectivity index (χ1n) is 6.53. The Hall–Kier alpha value is -1.78. The molecule has 2 N–H and O–H groups in total. The first-order valence-corrected chi connectivity index (χ1v) is 6.53. The molecule has 1 rings (SSSR count). The average Bonchev–Trinajstić information content (AvgIpc) is 2.75. The molecule has 0 fully saturated rings. The van der Waals surface area contributed by atoms with Crippen LogP contribution in [-0.2, 0) is 4.79 Å². The molecule has 0 aliphatic heterocycles. The largest absolute Gasteiger partial charge is 0.469 e. The zero-order valence-electron chi connectivity index (χ0n) is 11.9. The Morgan fingerprint density at radius 3 is 2.53 bits per heavy atom. The van der Waals surface area contributed by atoms with Gasteiger partial charge in [-0.1, -0.05) is 13.8 Å². The van der Waals surface area contributed by atoms with Gasteiger partial charge in [-0.3, -0.25) is 9.59 Å². The lowest BCUT2D eigenvalue weighted by Crippen LogP contribution is -2.38. The molecule has 0 saturated heterocycles. The molecule has 0 aliphatic rings. The SMILES string of the molecule is Cc1occc1C(=O)NCCC(=O)NC(C)C(C)C. The number of nitrogens with one attached hydrogen (secondary N) is 2. The molecule has 1 aromatic rings. The number of furan rings is 1. The highest BCUT2D eigenvalue weighted by molar-refractivity contribution is 5.95. The molecule has 1 aromatic heterocycles. The van der Waals surface area contributed by atoms with E-state index in [-0.39, 0.29) is 24.3 Å². The van der Waals surface area contributed by atoms with Gasteiger partial charge in [-0.2, -0.15) is 0 Å². The molecule has 0 saturated carbocycles. The van der Waals surface area contributed by atoms with Gasteiger partial charge in [-0.15, -0.1) is 0 Å². The summed E-state index contributed by atoms with van der Waals surface area (Å²) in [5.41, 5.74) is 0.510. The number of carbonyl (C=O) groups excluding carboxylic acids is 2. The average molecular weight is 266 g/mol. The number of hydrogen-bond acceptors (Lipinski definition) is 3. The van der Waals surface area contributed by atoms with Crippen molar-refractivity contribution in [3.63, 3.8) is 0 Å². The lowest BCUT2D eigenvalue weighted by atomic mass is 10.1. The van der Waals surface area contributed by atoms with E-state index in [9.17, 15) is 9.59 Å². The van der Waals surface area contributed by atoms with Gasteiger partial charge in [0.15, 0.2) is 0 Å². The van der Waals surface area contributed by atoms with E-state index in [1.807, 2.05) is 6.92 Å². The van der Waals surface area contributed by atoms with Gasteiger partial charge in [-0.05, 0) is 25.8 Å². The van der Waals surface area contributed by atoms with Gasteiger partial charge >= 0.3 is 0 Å². The van der Waals surface area contributed by atoms with Crippen LogP contribution >= 0.6 is 0 Å².